The van der Waals surface area contributed by atoms with Crippen LogP contribution in [0.1, 0.15) is 27.0 Å². The SMILES string of the molecule is Cc1cc(C)c(C(=O)Oc2ccc3c(=O)c(Oc4ccc(-c5ccccc5)cc4)coc3c2)c(C)c1. The number of ether oxygens (including phenoxy) is 2. The Bertz CT molecular complexity index is 1610. The van der Waals surface area contributed by atoms with E-state index in [0.29, 0.717) is 28.0 Å². The highest BCUT2D eigenvalue weighted by Crippen LogP contribution is 2.27. The maximum atomic E-state index is 13.0. The molecule has 0 radical (unpaired) electrons. The van der Waals surface area contributed by atoms with Crippen LogP contribution in [0.5, 0.6) is 17.2 Å². The van der Waals surface area contributed by atoms with Crippen LogP contribution in [0.25, 0.3) is 22.1 Å². The first kappa shape index (κ1) is 23.1. The van der Waals surface area contributed by atoms with E-state index in [9.17, 15) is 9.59 Å². The Morgan fingerprint density at radius 3 is 2.08 bits per heavy atom. The molecule has 0 atom stereocenters. The first-order chi connectivity index (χ1) is 17.4. The summed E-state index contributed by atoms with van der Waals surface area (Å²) in [6.45, 7) is 5.75. The maximum Gasteiger partial charge on any atom is 0.344 e. The van der Waals surface area contributed by atoms with E-state index in [0.717, 1.165) is 27.8 Å². The Hall–Kier alpha value is -4.64. The lowest BCUT2D eigenvalue weighted by Crippen LogP contribution is -2.12. The summed E-state index contributed by atoms with van der Waals surface area (Å²) < 4.78 is 17.1. The van der Waals surface area contributed by atoms with E-state index < -0.39 is 5.97 Å². The van der Waals surface area contributed by atoms with Crippen LogP contribution < -0.4 is 14.9 Å². The Balaban J connectivity index is 1.36. The van der Waals surface area contributed by atoms with Crippen LogP contribution in [0.4, 0.5) is 0 Å². The second-order valence-corrected chi connectivity index (χ2v) is 8.74. The number of aryl methyl sites for hydroxylation is 3. The highest BCUT2D eigenvalue weighted by molar-refractivity contribution is 5.94. The van der Waals surface area contributed by atoms with Crippen molar-refractivity contribution in [2.75, 3.05) is 0 Å². The number of esters is 1. The van der Waals surface area contributed by atoms with Crippen molar-refractivity contribution < 1.29 is 18.7 Å². The monoisotopic (exact) mass is 476 g/mol. The van der Waals surface area contributed by atoms with Crippen molar-refractivity contribution in [3.63, 3.8) is 0 Å². The van der Waals surface area contributed by atoms with Crippen LogP contribution >= 0.6 is 0 Å². The van der Waals surface area contributed by atoms with Gasteiger partial charge in [0, 0.05) is 6.07 Å². The molecular weight excluding hydrogens is 452 g/mol. The summed E-state index contributed by atoms with van der Waals surface area (Å²) in [4.78, 5) is 25.8. The lowest BCUT2D eigenvalue weighted by atomic mass is 10.00. The standard InChI is InChI=1S/C31H24O5/c1-19-15-20(2)29(21(3)16-19)31(33)36-25-13-14-26-27(17-25)34-18-28(30(26)32)35-24-11-9-23(10-12-24)22-7-5-4-6-8-22/h4-18H,1-3H3. The fraction of sp³-hybridized carbons (Fsp3) is 0.0968. The number of hydrogen-bond acceptors (Lipinski definition) is 5. The summed E-state index contributed by atoms with van der Waals surface area (Å²) in [7, 11) is 0. The summed E-state index contributed by atoms with van der Waals surface area (Å²) in [5.41, 5.74) is 5.45. The molecule has 5 heteroatoms. The summed E-state index contributed by atoms with van der Waals surface area (Å²) in [6.07, 6.45) is 1.27. The molecule has 0 spiro atoms. The van der Waals surface area contributed by atoms with Crippen LogP contribution in [0.2, 0.25) is 0 Å². The maximum absolute atomic E-state index is 13.0. The zero-order chi connectivity index (χ0) is 25.2. The van der Waals surface area contributed by atoms with Gasteiger partial charge in [-0.25, -0.2) is 4.79 Å². The molecular formula is C31H24O5. The van der Waals surface area contributed by atoms with Crippen LogP contribution in [0.3, 0.4) is 0 Å². The van der Waals surface area contributed by atoms with Gasteiger partial charge in [0.25, 0.3) is 0 Å². The van der Waals surface area contributed by atoms with E-state index in [1.54, 1.807) is 12.1 Å². The number of carbonyl (C=O) groups is 1. The smallest absolute Gasteiger partial charge is 0.344 e. The third-order valence-corrected chi connectivity index (χ3v) is 6.00. The molecule has 4 aromatic carbocycles. The van der Waals surface area contributed by atoms with Crippen molar-refractivity contribution in [3.8, 4) is 28.4 Å². The van der Waals surface area contributed by atoms with Gasteiger partial charge < -0.3 is 13.9 Å². The predicted molar refractivity (Wildman–Crippen MR) is 140 cm³/mol. The number of rotatable bonds is 5. The van der Waals surface area contributed by atoms with Crippen molar-refractivity contribution in [2.45, 2.75) is 20.8 Å². The van der Waals surface area contributed by atoms with Crippen molar-refractivity contribution in [1.29, 1.82) is 0 Å². The molecule has 0 fully saturated rings. The summed E-state index contributed by atoms with van der Waals surface area (Å²) in [5, 5.41) is 0.330. The Labute approximate surface area is 208 Å². The molecule has 5 aromatic rings. The largest absolute Gasteiger partial charge is 0.460 e. The molecule has 0 aliphatic rings. The summed E-state index contributed by atoms with van der Waals surface area (Å²) >= 11 is 0. The van der Waals surface area contributed by atoms with Crippen molar-refractivity contribution in [2.24, 2.45) is 0 Å². The van der Waals surface area contributed by atoms with Gasteiger partial charge in [-0.1, -0.05) is 60.2 Å². The molecule has 0 bridgehead atoms. The van der Waals surface area contributed by atoms with Gasteiger partial charge in [-0.15, -0.1) is 0 Å². The van der Waals surface area contributed by atoms with Crippen molar-refractivity contribution in [1.82, 2.24) is 0 Å². The molecule has 0 N–H and O–H groups in total. The third-order valence-electron chi connectivity index (χ3n) is 6.00. The average molecular weight is 477 g/mol. The summed E-state index contributed by atoms with van der Waals surface area (Å²) in [6, 6.07) is 26.1. The van der Waals surface area contributed by atoms with Crippen molar-refractivity contribution >= 4 is 16.9 Å². The average Bonchev–Trinajstić information content (AvgIpc) is 2.86. The molecule has 5 rings (SSSR count). The minimum atomic E-state index is -0.453. The van der Waals surface area contributed by atoms with E-state index in [1.165, 1.54) is 12.3 Å². The normalized spacial score (nSPS) is 10.9. The quantitative estimate of drug-likeness (QED) is 0.195. The van der Waals surface area contributed by atoms with Gasteiger partial charge in [-0.3, -0.25) is 4.79 Å². The van der Waals surface area contributed by atoms with Gasteiger partial charge in [-0.2, -0.15) is 0 Å². The molecule has 0 unspecified atom stereocenters. The highest BCUT2D eigenvalue weighted by atomic mass is 16.5. The van der Waals surface area contributed by atoms with Crippen molar-refractivity contribution in [3.05, 3.63) is 124 Å². The molecule has 178 valence electrons. The van der Waals surface area contributed by atoms with E-state index in [1.807, 2.05) is 87.5 Å². The Morgan fingerprint density at radius 2 is 1.39 bits per heavy atom. The minimum Gasteiger partial charge on any atom is -0.460 e. The second-order valence-electron chi connectivity index (χ2n) is 8.74. The van der Waals surface area contributed by atoms with Gasteiger partial charge in [0.05, 0.1) is 10.9 Å². The first-order valence-electron chi connectivity index (χ1n) is 11.6. The van der Waals surface area contributed by atoms with Crippen LogP contribution in [-0.4, -0.2) is 5.97 Å². The van der Waals surface area contributed by atoms with Crippen LogP contribution in [0, 0.1) is 20.8 Å². The Morgan fingerprint density at radius 1 is 0.750 bits per heavy atom. The predicted octanol–water partition coefficient (Wildman–Crippen LogP) is 7.40. The topological polar surface area (TPSA) is 65.7 Å². The second kappa shape index (κ2) is 9.55. The zero-order valence-electron chi connectivity index (χ0n) is 20.2. The minimum absolute atomic E-state index is 0.0746. The van der Waals surface area contributed by atoms with Gasteiger partial charge in [0.2, 0.25) is 11.2 Å². The van der Waals surface area contributed by atoms with Crippen LogP contribution in [-0.2, 0) is 0 Å². The number of hydrogen-bond donors (Lipinski definition) is 0. The highest BCUT2D eigenvalue weighted by Gasteiger charge is 2.17. The molecule has 1 aromatic heterocycles. The zero-order valence-corrected chi connectivity index (χ0v) is 20.2. The molecule has 0 aliphatic heterocycles. The molecule has 0 amide bonds. The fourth-order valence-electron chi connectivity index (χ4n) is 4.36. The van der Waals surface area contributed by atoms with E-state index in [4.69, 9.17) is 13.9 Å². The molecule has 0 aliphatic carbocycles. The Kier molecular flexibility index (Phi) is 6.13. The molecule has 36 heavy (non-hydrogen) atoms. The lowest BCUT2D eigenvalue weighted by Gasteiger charge is -2.11. The van der Waals surface area contributed by atoms with Gasteiger partial charge in [0.1, 0.15) is 23.3 Å². The van der Waals surface area contributed by atoms with E-state index in [2.05, 4.69) is 0 Å². The molecule has 0 saturated heterocycles. The molecule has 1 heterocycles. The van der Waals surface area contributed by atoms with Crippen LogP contribution in [0.15, 0.2) is 100 Å². The number of carbonyl (C=O) groups excluding carboxylic acids is 1. The number of benzene rings is 4. The number of fused-ring (bicyclic) bond motifs is 1. The summed E-state index contributed by atoms with van der Waals surface area (Å²) in [5.74, 6) is 0.437. The molecule has 0 saturated carbocycles. The fourth-order valence-corrected chi connectivity index (χ4v) is 4.36. The van der Waals surface area contributed by atoms with Gasteiger partial charge >= 0.3 is 5.97 Å². The third kappa shape index (κ3) is 4.64. The van der Waals surface area contributed by atoms with E-state index >= 15 is 0 Å². The molecule has 5 nitrogen and oxygen atoms in total. The lowest BCUT2D eigenvalue weighted by molar-refractivity contribution is 0.0733. The first-order valence-corrected chi connectivity index (χ1v) is 11.6. The van der Waals surface area contributed by atoms with Gasteiger partial charge in [-0.05, 0) is 67.3 Å². The van der Waals surface area contributed by atoms with E-state index in [-0.39, 0.29) is 11.2 Å². The van der Waals surface area contributed by atoms with Gasteiger partial charge in [0.15, 0.2) is 0 Å².